The smallest absolute Gasteiger partial charge is 0.152 e. The molecule has 4 nitrogen and oxygen atoms in total. The van der Waals surface area contributed by atoms with Crippen LogP contribution in [0.4, 0.5) is 5.82 Å². The number of hydrazine groups is 1. The second-order valence-electron chi connectivity index (χ2n) is 4.90. The maximum atomic E-state index is 5.57. The van der Waals surface area contributed by atoms with E-state index in [0.29, 0.717) is 5.92 Å². The molecule has 0 radical (unpaired) electrons. The molecular weight excluding hydrogens is 244 g/mol. The Morgan fingerprint density at radius 2 is 1.94 bits per heavy atom. The van der Waals surface area contributed by atoms with Gasteiger partial charge in [-0.25, -0.2) is 15.8 Å². The molecule has 0 bridgehead atoms. The first kappa shape index (κ1) is 11.9. The van der Waals surface area contributed by atoms with Crippen LogP contribution in [-0.2, 0) is 0 Å². The monoisotopic (exact) mass is 262 g/mol. The number of nitrogens with two attached hydrogens (primary N) is 1. The molecule has 2 aromatic heterocycles. The molecule has 0 saturated heterocycles. The fraction of sp³-hybridized carbons (Fsp3) is 0.538. The van der Waals surface area contributed by atoms with E-state index in [0.717, 1.165) is 21.9 Å². The largest absolute Gasteiger partial charge is 0.308 e. The lowest BCUT2D eigenvalue weighted by Gasteiger charge is -2.13. The van der Waals surface area contributed by atoms with Crippen LogP contribution in [0.5, 0.6) is 0 Å². The fourth-order valence-corrected chi connectivity index (χ4v) is 3.47. The third-order valence-electron chi connectivity index (χ3n) is 3.70. The van der Waals surface area contributed by atoms with Crippen LogP contribution in [0, 0.1) is 0 Å². The molecule has 0 spiro atoms. The molecule has 1 saturated carbocycles. The molecule has 0 amide bonds. The summed E-state index contributed by atoms with van der Waals surface area (Å²) >= 11 is 1.65. The molecule has 2 aromatic rings. The van der Waals surface area contributed by atoms with E-state index in [4.69, 9.17) is 10.8 Å². The molecular formula is C13H18N4S. The Kier molecular flexibility index (Phi) is 3.43. The lowest BCUT2D eigenvalue weighted by atomic mass is 9.99. The second-order valence-corrected chi connectivity index (χ2v) is 5.80. The molecule has 18 heavy (non-hydrogen) atoms. The van der Waals surface area contributed by atoms with Gasteiger partial charge < -0.3 is 5.43 Å². The quantitative estimate of drug-likeness (QED) is 0.494. The lowest BCUT2D eigenvalue weighted by molar-refractivity contribution is 0.563. The van der Waals surface area contributed by atoms with Gasteiger partial charge in [-0.15, -0.1) is 11.3 Å². The van der Waals surface area contributed by atoms with Crippen LogP contribution in [0.1, 0.15) is 50.3 Å². The molecule has 3 N–H and O–H groups in total. The van der Waals surface area contributed by atoms with Crippen LogP contribution >= 0.6 is 11.3 Å². The average Bonchev–Trinajstić information content (AvgIpc) is 2.71. The Balaban J connectivity index is 1.99. The summed E-state index contributed by atoms with van der Waals surface area (Å²) in [5, 5.41) is 3.07. The van der Waals surface area contributed by atoms with Crippen LogP contribution in [0.25, 0.3) is 10.2 Å². The molecule has 0 aromatic carbocycles. The Morgan fingerprint density at radius 3 is 2.67 bits per heavy atom. The SMILES string of the molecule is NNc1nc(C2CCCCCC2)nc2sccc12. The summed E-state index contributed by atoms with van der Waals surface area (Å²) in [5.74, 6) is 7.81. The third kappa shape index (κ3) is 2.20. The molecule has 5 heteroatoms. The number of anilines is 1. The van der Waals surface area contributed by atoms with Crippen molar-refractivity contribution in [3.05, 3.63) is 17.3 Å². The summed E-state index contributed by atoms with van der Waals surface area (Å²) in [5.41, 5.74) is 2.71. The molecule has 1 aliphatic rings. The van der Waals surface area contributed by atoms with Crippen LogP contribution < -0.4 is 11.3 Å². The number of rotatable bonds is 2. The molecule has 96 valence electrons. The van der Waals surface area contributed by atoms with Crippen LogP contribution in [0.15, 0.2) is 11.4 Å². The first-order chi connectivity index (χ1) is 8.88. The van der Waals surface area contributed by atoms with Crippen molar-refractivity contribution in [2.45, 2.75) is 44.4 Å². The molecule has 0 atom stereocenters. The van der Waals surface area contributed by atoms with Gasteiger partial charge in [-0.1, -0.05) is 25.7 Å². The zero-order valence-electron chi connectivity index (χ0n) is 10.4. The number of thiophene rings is 1. The van der Waals surface area contributed by atoms with E-state index in [1.165, 1.54) is 38.5 Å². The molecule has 2 heterocycles. The summed E-state index contributed by atoms with van der Waals surface area (Å²) in [6.07, 6.45) is 7.70. The van der Waals surface area contributed by atoms with Gasteiger partial charge in [0.25, 0.3) is 0 Å². The first-order valence-corrected chi connectivity index (χ1v) is 7.48. The Labute approximate surface area is 111 Å². The number of hydrogen-bond donors (Lipinski definition) is 2. The number of fused-ring (bicyclic) bond motifs is 1. The minimum atomic E-state index is 0.506. The van der Waals surface area contributed by atoms with Gasteiger partial charge in [0.05, 0.1) is 5.39 Å². The van der Waals surface area contributed by atoms with Gasteiger partial charge in [-0.3, -0.25) is 0 Å². The maximum absolute atomic E-state index is 5.57. The van der Waals surface area contributed by atoms with E-state index in [2.05, 4.69) is 10.4 Å². The van der Waals surface area contributed by atoms with E-state index in [1.807, 2.05) is 11.4 Å². The van der Waals surface area contributed by atoms with Crippen LogP contribution in [-0.4, -0.2) is 9.97 Å². The number of nitrogen functional groups attached to an aromatic ring is 1. The lowest BCUT2D eigenvalue weighted by Crippen LogP contribution is -2.12. The van der Waals surface area contributed by atoms with Crippen molar-refractivity contribution >= 4 is 27.4 Å². The number of hydrogen-bond acceptors (Lipinski definition) is 5. The molecule has 3 rings (SSSR count). The third-order valence-corrected chi connectivity index (χ3v) is 4.51. The highest BCUT2D eigenvalue weighted by atomic mass is 32.1. The van der Waals surface area contributed by atoms with Crippen molar-refractivity contribution in [3.8, 4) is 0 Å². The van der Waals surface area contributed by atoms with E-state index < -0.39 is 0 Å². The van der Waals surface area contributed by atoms with Crippen molar-refractivity contribution in [2.75, 3.05) is 5.43 Å². The first-order valence-electron chi connectivity index (χ1n) is 6.60. The van der Waals surface area contributed by atoms with Crippen molar-refractivity contribution in [1.82, 2.24) is 9.97 Å². The van der Waals surface area contributed by atoms with E-state index in [1.54, 1.807) is 11.3 Å². The highest BCUT2D eigenvalue weighted by Gasteiger charge is 2.19. The summed E-state index contributed by atoms with van der Waals surface area (Å²) in [6, 6.07) is 2.02. The maximum Gasteiger partial charge on any atom is 0.152 e. The molecule has 0 unspecified atom stereocenters. The van der Waals surface area contributed by atoms with Crippen molar-refractivity contribution < 1.29 is 0 Å². The summed E-state index contributed by atoms with van der Waals surface area (Å²) < 4.78 is 0. The van der Waals surface area contributed by atoms with E-state index in [-0.39, 0.29) is 0 Å². The summed E-state index contributed by atoms with van der Waals surface area (Å²) in [6.45, 7) is 0. The predicted octanol–water partition coefficient (Wildman–Crippen LogP) is 3.41. The van der Waals surface area contributed by atoms with Gasteiger partial charge >= 0.3 is 0 Å². The zero-order chi connectivity index (χ0) is 12.4. The van der Waals surface area contributed by atoms with Crippen molar-refractivity contribution in [1.29, 1.82) is 0 Å². The molecule has 0 aliphatic heterocycles. The van der Waals surface area contributed by atoms with Gasteiger partial charge in [0.2, 0.25) is 0 Å². The predicted molar refractivity (Wildman–Crippen MR) is 75.7 cm³/mol. The highest BCUT2D eigenvalue weighted by Crippen LogP contribution is 2.33. The van der Waals surface area contributed by atoms with Gasteiger partial charge in [0.1, 0.15) is 10.7 Å². The van der Waals surface area contributed by atoms with Crippen LogP contribution in [0.3, 0.4) is 0 Å². The summed E-state index contributed by atoms with van der Waals surface area (Å²) in [7, 11) is 0. The van der Waals surface area contributed by atoms with Crippen molar-refractivity contribution in [3.63, 3.8) is 0 Å². The van der Waals surface area contributed by atoms with Gasteiger partial charge in [-0.2, -0.15) is 0 Å². The topological polar surface area (TPSA) is 63.8 Å². The Bertz CT molecular complexity index is 529. The van der Waals surface area contributed by atoms with Gasteiger partial charge in [0.15, 0.2) is 5.82 Å². The number of aromatic nitrogens is 2. The number of nitrogens with zero attached hydrogens (tertiary/aromatic N) is 2. The molecule has 1 aliphatic carbocycles. The Morgan fingerprint density at radius 1 is 1.17 bits per heavy atom. The number of nitrogens with one attached hydrogen (secondary N) is 1. The minimum Gasteiger partial charge on any atom is -0.308 e. The summed E-state index contributed by atoms with van der Waals surface area (Å²) in [4.78, 5) is 10.4. The van der Waals surface area contributed by atoms with Crippen molar-refractivity contribution in [2.24, 2.45) is 5.84 Å². The molecule has 1 fully saturated rings. The normalized spacial score (nSPS) is 17.8. The highest BCUT2D eigenvalue weighted by molar-refractivity contribution is 7.16. The fourth-order valence-electron chi connectivity index (χ4n) is 2.70. The van der Waals surface area contributed by atoms with Gasteiger partial charge in [0, 0.05) is 5.92 Å². The zero-order valence-corrected chi connectivity index (χ0v) is 11.2. The van der Waals surface area contributed by atoms with Crippen LogP contribution in [0.2, 0.25) is 0 Å². The second kappa shape index (κ2) is 5.20. The average molecular weight is 262 g/mol. The minimum absolute atomic E-state index is 0.506. The van der Waals surface area contributed by atoms with E-state index in [9.17, 15) is 0 Å². The Hall–Kier alpha value is -1.20. The van der Waals surface area contributed by atoms with E-state index >= 15 is 0 Å². The van der Waals surface area contributed by atoms with Gasteiger partial charge in [-0.05, 0) is 24.3 Å². The standard InChI is InChI=1S/C13H18N4S/c14-17-12-10-7-8-18-13(10)16-11(15-12)9-5-3-1-2-4-6-9/h7-9H,1-6,14H2,(H,15,16,17).